The van der Waals surface area contributed by atoms with Crippen molar-refractivity contribution in [3.05, 3.63) is 48.0 Å². The van der Waals surface area contributed by atoms with Crippen molar-refractivity contribution in [3.8, 4) is 0 Å². The summed E-state index contributed by atoms with van der Waals surface area (Å²) in [7, 11) is 1.52. The number of benzene rings is 1. The molecule has 33 heavy (non-hydrogen) atoms. The SMILES string of the molecule is COC[C@@H]1NC(=O)[C@@H](CC(=O)N[C@H](C)CO)CC=CCCCCC(=O)O[C@H]1c1ccccc1. The summed E-state index contributed by atoms with van der Waals surface area (Å²) >= 11 is 0. The molecular formula is C25H36N2O6. The van der Waals surface area contributed by atoms with Crippen molar-refractivity contribution in [3.63, 3.8) is 0 Å². The number of allylic oxidation sites excluding steroid dienone is 2. The van der Waals surface area contributed by atoms with E-state index < -0.39 is 24.1 Å². The Kier molecular flexibility index (Phi) is 11.6. The lowest BCUT2D eigenvalue weighted by Crippen LogP contribution is -2.47. The molecule has 0 aromatic heterocycles. The van der Waals surface area contributed by atoms with Crippen LogP contribution in [0.3, 0.4) is 0 Å². The second kappa shape index (κ2) is 14.4. The van der Waals surface area contributed by atoms with Gasteiger partial charge in [0, 0.05) is 26.0 Å². The lowest BCUT2D eigenvalue weighted by molar-refractivity contribution is -0.153. The number of methoxy groups -OCH3 is 1. The summed E-state index contributed by atoms with van der Waals surface area (Å²) < 4.78 is 11.2. The zero-order valence-electron chi connectivity index (χ0n) is 19.5. The summed E-state index contributed by atoms with van der Waals surface area (Å²) in [6.45, 7) is 1.65. The molecule has 2 rings (SSSR count). The Morgan fingerprint density at radius 1 is 1.24 bits per heavy atom. The van der Waals surface area contributed by atoms with Crippen molar-refractivity contribution in [2.24, 2.45) is 5.92 Å². The van der Waals surface area contributed by atoms with Crippen LogP contribution in [0.15, 0.2) is 42.5 Å². The van der Waals surface area contributed by atoms with E-state index in [4.69, 9.17) is 9.47 Å². The standard InChI is InChI=1S/C25H36N2O6/c1-18(16-28)26-22(29)15-20-13-7-4-3-5-10-14-23(30)33-24(19-11-8-6-9-12-19)21(17-32-2)27-25(20)31/h4,6-9,11-12,18,20-21,24,28H,3,5,10,13-17H2,1-2H3,(H,26,29)(H,27,31)/t18-,20-,21+,24+/m1/s1. The molecule has 8 heteroatoms. The van der Waals surface area contributed by atoms with E-state index in [0.717, 1.165) is 18.4 Å². The molecule has 0 saturated carbocycles. The Bertz CT molecular complexity index is 782. The van der Waals surface area contributed by atoms with E-state index in [1.165, 1.54) is 7.11 Å². The molecule has 1 aromatic rings. The fourth-order valence-corrected chi connectivity index (χ4v) is 3.71. The summed E-state index contributed by atoms with van der Waals surface area (Å²) in [4.78, 5) is 38.2. The molecule has 1 aliphatic rings. The zero-order valence-corrected chi connectivity index (χ0v) is 19.5. The highest BCUT2D eigenvalue weighted by Crippen LogP contribution is 2.24. The fraction of sp³-hybridized carbons (Fsp3) is 0.560. The van der Waals surface area contributed by atoms with Crippen molar-refractivity contribution in [2.75, 3.05) is 20.3 Å². The van der Waals surface area contributed by atoms with Gasteiger partial charge in [0.2, 0.25) is 11.8 Å². The highest BCUT2D eigenvalue weighted by molar-refractivity contribution is 5.86. The van der Waals surface area contributed by atoms with Gasteiger partial charge in [0.05, 0.1) is 25.2 Å². The van der Waals surface area contributed by atoms with Crippen LogP contribution in [0.1, 0.15) is 57.1 Å². The Labute approximate surface area is 195 Å². The van der Waals surface area contributed by atoms with E-state index in [0.29, 0.717) is 19.3 Å². The highest BCUT2D eigenvalue weighted by atomic mass is 16.5. The van der Waals surface area contributed by atoms with Crippen LogP contribution in [0.5, 0.6) is 0 Å². The van der Waals surface area contributed by atoms with Crippen LogP contribution >= 0.6 is 0 Å². The third kappa shape index (κ3) is 9.35. The van der Waals surface area contributed by atoms with Crippen LogP contribution in [0, 0.1) is 5.92 Å². The Morgan fingerprint density at radius 3 is 2.70 bits per heavy atom. The van der Waals surface area contributed by atoms with Gasteiger partial charge in [-0.3, -0.25) is 14.4 Å². The molecule has 0 saturated heterocycles. The van der Waals surface area contributed by atoms with E-state index in [1.807, 2.05) is 42.5 Å². The first-order valence-corrected chi connectivity index (χ1v) is 11.5. The minimum atomic E-state index is -0.718. The molecule has 8 nitrogen and oxygen atoms in total. The smallest absolute Gasteiger partial charge is 0.306 e. The summed E-state index contributed by atoms with van der Waals surface area (Å²) in [6.07, 6.45) is 6.18. The van der Waals surface area contributed by atoms with Crippen LogP contribution in [0.25, 0.3) is 0 Å². The second-order valence-corrected chi connectivity index (χ2v) is 8.40. The van der Waals surface area contributed by atoms with Gasteiger partial charge < -0.3 is 25.2 Å². The van der Waals surface area contributed by atoms with E-state index >= 15 is 0 Å². The molecule has 4 atom stereocenters. The predicted octanol–water partition coefficient (Wildman–Crippen LogP) is 2.43. The third-order valence-corrected chi connectivity index (χ3v) is 5.50. The largest absolute Gasteiger partial charge is 0.455 e. The molecule has 3 N–H and O–H groups in total. The molecule has 1 heterocycles. The number of amides is 2. The molecule has 1 aromatic carbocycles. The van der Waals surface area contributed by atoms with Crippen molar-refractivity contribution < 1.29 is 29.0 Å². The molecule has 0 bridgehead atoms. The Hall–Kier alpha value is -2.71. The number of nitrogens with one attached hydrogen (secondary N) is 2. The van der Waals surface area contributed by atoms with Gasteiger partial charge in [-0.25, -0.2) is 0 Å². The van der Waals surface area contributed by atoms with E-state index in [9.17, 15) is 19.5 Å². The number of esters is 1. The van der Waals surface area contributed by atoms with Gasteiger partial charge in [-0.2, -0.15) is 0 Å². The molecule has 2 amide bonds. The number of ether oxygens (including phenoxy) is 2. The van der Waals surface area contributed by atoms with Crippen molar-refractivity contribution in [1.29, 1.82) is 0 Å². The topological polar surface area (TPSA) is 114 Å². The first kappa shape index (κ1) is 26.5. The van der Waals surface area contributed by atoms with Gasteiger partial charge in [-0.1, -0.05) is 42.5 Å². The summed E-state index contributed by atoms with van der Waals surface area (Å²) in [5.74, 6) is -1.56. The lowest BCUT2D eigenvalue weighted by atomic mass is 9.96. The highest BCUT2D eigenvalue weighted by Gasteiger charge is 2.31. The first-order valence-electron chi connectivity index (χ1n) is 11.5. The summed E-state index contributed by atoms with van der Waals surface area (Å²) in [5, 5.41) is 14.8. The average molecular weight is 461 g/mol. The zero-order chi connectivity index (χ0) is 24.1. The molecule has 0 aliphatic carbocycles. The summed E-state index contributed by atoms with van der Waals surface area (Å²) in [6, 6.07) is 8.24. The normalized spacial score (nSPS) is 23.7. The van der Waals surface area contributed by atoms with Crippen molar-refractivity contribution >= 4 is 17.8 Å². The van der Waals surface area contributed by atoms with Gasteiger partial charge in [0.1, 0.15) is 6.10 Å². The maximum Gasteiger partial charge on any atom is 0.306 e. The average Bonchev–Trinajstić information content (AvgIpc) is 2.80. The number of rotatable bonds is 7. The molecule has 0 spiro atoms. The van der Waals surface area contributed by atoms with Gasteiger partial charge in [0.25, 0.3) is 0 Å². The Morgan fingerprint density at radius 2 is 2.00 bits per heavy atom. The van der Waals surface area contributed by atoms with Crippen LogP contribution in [-0.2, 0) is 23.9 Å². The van der Waals surface area contributed by atoms with Gasteiger partial charge >= 0.3 is 5.97 Å². The monoisotopic (exact) mass is 460 g/mol. The third-order valence-electron chi connectivity index (χ3n) is 5.50. The Balaban J connectivity index is 2.29. The molecule has 182 valence electrons. The van der Waals surface area contributed by atoms with Gasteiger partial charge in [-0.15, -0.1) is 0 Å². The molecular weight excluding hydrogens is 424 g/mol. The maximum absolute atomic E-state index is 13.2. The van der Waals surface area contributed by atoms with Crippen LogP contribution in [0.4, 0.5) is 0 Å². The minimum absolute atomic E-state index is 0.0179. The number of aliphatic hydroxyl groups excluding tert-OH is 1. The van der Waals surface area contributed by atoms with Gasteiger partial charge in [-0.05, 0) is 38.2 Å². The van der Waals surface area contributed by atoms with Crippen LogP contribution in [-0.4, -0.2) is 55.3 Å². The molecule has 1 aliphatic heterocycles. The van der Waals surface area contributed by atoms with Crippen LogP contribution in [0.2, 0.25) is 0 Å². The number of cyclic esters (lactones) is 1. The maximum atomic E-state index is 13.2. The van der Waals surface area contributed by atoms with Crippen LogP contribution < -0.4 is 10.6 Å². The van der Waals surface area contributed by atoms with E-state index in [2.05, 4.69) is 10.6 Å². The number of carbonyl (C=O) groups is 3. The van der Waals surface area contributed by atoms with Crippen molar-refractivity contribution in [1.82, 2.24) is 10.6 Å². The fourth-order valence-electron chi connectivity index (χ4n) is 3.71. The summed E-state index contributed by atoms with van der Waals surface area (Å²) in [5.41, 5.74) is 0.756. The molecule has 0 fully saturated rings. The first-order chi connectivity index (χ1) is 15.9. The molecule has 0 unspecified atom stereocenters. The lowest BCUT2D eigenvalue weighted by Gasteiger charge is -2.29. The minimum Gasteiger partial charge on any atom is -0.455 e. The quantitative estimate of drug-likeness (QED) is 0.425. The number of carbonyl (C=O) groups excluding carboxylic acids is 3. The number of hydrogen-bond donors (Lipinski definition) is 3. The number of hydrogen-bond acceptors (Lipinski definition) is 6. The molecule has 0 radical (unpaired) electrons. The van der Waals surface area contributed by atoms with Gasteiger partial charge in [0.15, 0.2) is 0 Å². The van der Waals surface area contributed by atoms with Crippen molar-refractivity contribution in [2.45, 2.75) is 63.6 Å². The number of aliphatic hydroxyl groups is 1. The predicted molar refractivity (Wildman–Crippen MR) is 124 cm³/mol. The second-order valence-electron chi connectivity index (χ2n) is 8.40. The van der Waals surface area contributed by atoms with E-state index in [1.54, 1.807) is 6.92 Å². The van der Waals surface area contributed by atoms with E-state index in [-0.39, 0.29) is 37.4 Å².